The third-order valence-corrected chi connectivity index (χ3v) is 11.9. The van der Waals surface area contributed by atoms with Gasteiger partial charge in [-0.05, 0) is 64.2 Å². The largest absolute Gasteiger partial charge is 0.472 e. The Balaban J connectivity index is 3.90. The number of unbranched alkanes of at least 4 members (excludes halogenated alkanes) is 31. The van der Waals surface area contributed by atoms with Gasteiger partial charge in [0.1, 0.15) is 6.61 Å². The topological polar surface area (TPSA) is 108 Å². The molecule has 0 rings (SSSR count). The molecule has 9 heteroatoms. The number of allylic oxidation sites excluding steroid dienone is 4. The van der Waals surface area contributed by atoms with E-state index in [1.165, 1.54) is 173 Å². The highest BCUT2D eigenvalue weighted by molar-refractivity contribution is 7.47. The number of hydrogen-bond acceptors (Lipinski definition) is 7. The molecule has 0 aromatic rings. The Labute approximate surface area is 358 Å². The number of ether oxygens (including phenoxy) is 2. The molecule has 2 unspecified atom stereocenters. The zero-order valence-electron chi connectivity index (χ0n) is 38.2. The highest BCUT2D eigenvalue weighted by atomic mass is 31.2. The maximum absolute atomic E-state index is 12.6. The standard InChI is InChI=1S/C49H93O8P/c1-4-6-8-10-12-14-16-18-20-22-23-24-25-26-27-28-30-32-34-36-38-40-42-44-49(51)57-47(46-56-58(52,53)54-3)45-55-48(50)43-41-39-37-35-33-31-29-21-19-17-15-13-11-9-7-5-2/h21-23,29,47H,4-20,24-28,30-46H2,1-3H3,(H,52,53)/b23-22-,29-21-. The second-order valence-electron chi connectivity index (χ2n) is 16.6. The molecule has 1 N–H and O–H groups in total. The minimum atomic E-state index is -4.26. The Morgan fingerprint density at radius 2 is 0.776 bits per heavy atom. The van der Waals surface area contributed by atoms with E-state index in [4.69, 9.17) is 14.0 Å². The minimum Gasteiger partial charge on any atom is -0.462 e. The van der Waals surface area contributed by atoms with Crippen LogP contribution in [0.2, 0.25) is 0 Å². The van der Waals surface area contributed by atoms with Crippen molar-refractivity contribution in [2.24, 2.45) is 0 Å². The number of hydrogen-bond donors (Lipinski definition) is 1. The van der Waals surface area contributed by atoms with Crippen LogP contribution in [-0.2, 0) is 32.7 Å². The SMILES string of the molecule is CCCCCCCCC/C=C\CCCCCCCC(=O)OCC(COP(=O)(O)OC)OC(=O)CCCCCCCCCCCCC/C=C\CCCCCCCCCC. The van der Waals surface area contributed by atoms with Crippen LogP contribution in [0.1, 0.15) is 251 Å². The van der Waals surface area contributed by atoms with Crippen molar-refractivity contribution in [3.63, 3.8) is 0 Å². The molecule has 0 saturated carbocycles. The molecule has 8 nitrogen and oxygen atoms in total. The van der Waals surface area contributed by atoms with Gasteiger partial charge in [0, 0.05) is 20.0 Å². The third kappa shape index (κ3) is 44.1. The van der Waals surface area contributed by atoms with Crippen molar-refractivity contribution in [1.29, 1.82) is 0 Å². The Morgan fingerprint density at radius 1 is 0.466 bits per heavy atom. The first kappa shape index (κ1) is 56.5. The van der Waals surface area contributed by atoms with Gasteiger partial charge in [0.25, 0.3) is 0 Å². The number of carbonyl (C=O) groups is 2. The van der Waals surface area contributed by atoms with Crippen molar-refractivity contribution in [2.45, 2.75) is 258 Å². The Bertz CT molecular complexity index is 999. The summed E-state index contributed by atoms with van der Waals surface area (Å²) in [5, 5.41) is 0. The molecular formula is C49H93O8P. The summed E-state index contributed by atoms with van der Waals surface area (Å²) in [6, 6.07) is 0. The number of carbonyl (C=O) groups excluding carboxylic acids is 2. The average Bonchev–Trinajstić information content (AvgIpc) is 3.21. The van der Waals surface area contributed by atoms with E-state index < -0.39 is 26.5 Å². The Morgan fingerprint density at radius 3 is 1.12 bits per heavy atom. The van der Waals surface area contributed by atoms with E-state index in [1.54, 1.807) is 0 Å². The van der Waals surface area contributed by atoms with Crippen molar-refractivity contribution in [3.8, 4) is 0 Å². The van der Waals surface area contributed by atoms with Crippen LogP contribution >= 0.6 is 7.82 Å². The molecule has 0 fully saturated rings. The van der Waals surface area contributed by atoms with Gasteiger partial charge in [-0.2, -0.15) is 0 Å². The monoisotopic (exact) mass is 841 g/mol. The molecule has 0 amide bonds. The lowest BCUT2D eigenvalue weighted by atomic mass is 10.0. The zero-order chi connectivity index (χ0) is 42.5. The van der Waals surface area contributed by atoms with Crippen LogP contribution in [0.5, 0.6) is 0 Å². The van der Waals surface area contributed by atoms with Crippen molar-refractivity contribution >= 4 is 19.8 Å². The Hall–Kier alpha value is -1.47. The molecular weight excluding hydrogens is 748 g/mol. The van der Waals surface area contributed by atoms with Crippen molar-refractivity contribution in [1.82, 2.24) is 0 Å². The van der Waals surface area contributed by atoms with Gasteiger partial charge < -0.3 is 14.4 Å². The molecule has 0 aromatic heterocycles. The summed E-state index contributed by atoms with van der Waals surface area (Å²) in [4.78, 5) is 34.6. The fourth-order valence-corrected chi connectivity index (χ4v) is 7.58. The second kappa shape index (κ2) is 45.1. The first-order chi connectivity index (χ1) is 28.3. The van der Waals surface area contributed by atoms with Crippen LogP contribution < -0.4 is 0 Å². The number of rotatable bonds is 46. The number of esters is 2. The first-order valence-electron chi connectivity index (χ1n) is 24.5. The molecule has 0 heterocycles. The smallest absolute Gasteiger partial charge is 0.462 e. The van der Waals surface area contributed by atoms with Crippen LogP contribution in [0.4, 0.5) is 0 Å². The van der Waals surface area contributed by atoms with Crippen molar-refractivity contribution < 1.29 is 37.6 Å². The molecule has 58 heavy (non-hydrogen) atoms. The molecule has 0 bridgehead atoms. The van der Waals surface area contributed by atoms with Crippen molar-refractivity contribution in [3.05, 3.63) is 24.3 Å². The van der Waals surface area contributed by atoms with Gasteiger partial charge in [0.15, 0.2) is 6.10 Å². The Kier molecular flexibility index (Phi) is 43.9. The van der Waals surface area contributed by atoms with Crippen LogP contribution in [-0.4, -0.2) is 43.3 Å². The van der Waals surface area contributed by atoms with E-state index >= 15 is 0 Å². The van der Waals surface area contributed by atoms with E-state index in [9.17, 15) is 19.0 Å². The highest BCUT2D eigenvalue weighted by Gasteiger charge is 2.24. The molecule has 0 aliphatic rings. The summed E-state index contributed by atoms with van der Waals surface area (Å²) in [5.74, 6) is -0.804. The first-order valence-corrected chi connectivity index (χ1v) is 26.0. The lowest BCUT2D eigenvalue weighted by molar-refractivity contribution is -0.161. The molecule has 0 aliphatic carbocycles. The predicted molar refractivity (Wildman–Crippen MR) is 244 cm³/mol. The fraction of sp³-hybridized carbons (Fsp3) is 0.878. The molecule has 0 spiro atoms. The summed E-state index contributed by atoms with van der Waals surface area (Å²) in [7, 11) is -3.20. The van der Waals surface area contributed by atoms with Crippen LogP contribution in [0, 0.1) is 0 Å². The van der Waals surface area contributed by atoms with Gasteiger partial charge in [-0.3, -0.25) is 18.6 Å². The molecule has 2 atom stereocenters. The van der Waals surface area contributed by atoms with E-state index in [1.807, 2.05) is 0 Å². The molecule has 0 radical (unpaired) electrons. The molecule has 0 saturated heterocycles. The zero-order valence-corrected chi connectivity index (χ0v) is 39.1. The van der Waals surface area contributed by atoms with E-state index in [0.717, 1.165) is 52.1 Å². The van der Waals surface area contributed by atoms with E-state index in [2.05, 4.69) is 42.7 Å². The summed E-state index contributed by atoms with van der Waals surface area (Å²) >= 11 is 0. The van der Waals surface area contributed by atoms with Crippen molar-refractivity contribution in [2.75, 3.05) is 20.3 Å². The molecule has 342 valence electrons. The van der Waals surface area contributed by atoms with Gasteiger partial charge in [-0.25, -0.2) is 4.57 Å². The van der Waals surface area contributed by atoms with Gasteiger partial charge in [-0.15, -0.1) is 0 Å². The van der Waals surface area contributed by atoms with Gasteiger partial charge in [0.05, 0.1) is 6.61 Å². The quantitative estimate of drug-likeness (QED) is 0.0279. The lowest BCUT2D eigenvalue weighted by Gasteiger charge is -2.19. The normalized spacial score (nSPS) is 13.4. The average molecular weight is 841 g/mol. The van der Waals surface area contributed by atoms with Crippen LogP contribution in [0.15, 0.2) is 24.3 Å². The maximum atomic E-state index is 12.6. The van der Waals surface area contributed by atoms with E-state index in [0.29, 0.717) is 6.42 Å². The van der Waals surface area contributed by atoms with Gasteiger partial charge >= 0.3 is 19.8 Å². The summed E-state index contributed by atoms with van der Waals surface area (Å²) < 4.78 is 32.1. The number of phosphoric acid groups is 1. The van der Waals surface area contributed by atoms with Crippen LogP contribution in [0.25, 0.3) is 0 Å². The predicted octanol–water partition coefficient (Wildman–Crippen LogP) is 15.8. The maximum Gasteiger partial charge on any atom is 0.472 e. The van der Waals surface area contributed by atoms with Crippen LogP contribution in [0.3, 0.4) is 0 Å². The molecule has 0 aliphatic heterocycles. The highest BCUT2D eigenvalue weighted by Crippen LogP contribution is 2.42. The summed E-state index contributed by atoms with van der Waals surface area (Å²) in [6.45, 7) is 3.91. The van der Waals surface area contributed by atoms with E-state index in [-0.39, 0.29) is 25.4 Å². The summed E-state index contributed by atoms with van der Waals surface area (Å²) in [5.41, 5.74) is 0. The summed E-state index contributed by atoms with van der Waals surface area (Å²) in [6.07, 6.45) is 52.4. The lowest BCUT2D eigenvalue weighted by Crippen LogP contribution is -2.29. The fourth-order valence-electron chi connectivity index (χ4n) is 7.12. The number of phosphoric ester groups is 1. The van der Waals surface area contributed by atoms with Gasteiger partial charge in [-0.1, -0.05) is 199 Å². The molecule has 0 aromatic carbocycles. The minimum absolute atomic E-state index is 0.226. The van der Waals surface area contributed by atoms with Gasteiger partial charge in [0.2, 0.25) is 0 Å². The third-order valence-electron chi connectivity index (χ3n) is 10.9. The second-order valence-corrected chi connectivity index (χ2v) is 18.2.